The van der Waals surface area contributed by atoms with Gasteiger partial charge in [-0.3, -0.25) is 14.2 Å². The van der Waals surface area contributed by atoms with Gasteiger partial charge in [-0.1, -0.05) is 30.3 Å². The lowest BCUT2D eigenvalue weighted by Gasteiger charge is -2.29. The van der Waals surface area contributed by atoms with E-state index in [1.54, 1.807) is 17.2 Å². The molecule has 8 heteroatoms. The minimum absolute atomic E-state index is 0.114. The van der Waals surface area contributed by atoms with Crippen molar-refractivity contribution in [3.8, 4) is 22.5 Å². The molecule has 0 radical (unpaired) electrons. The van der Waals surface area contributed by atoms with Crippen LogP contribution >= 0.6 is 0 Å². The molecule has 1 aliphatic rings. The fourth-order valence-electron chi connectivity index (χ4n) is 4.33. The second kappa shape index (κ2) is 8.74. The molecule has 1 saturated carbocycles. The standard InChI is InChI=1S/C24H25N7O/c1-30-23(17-5-3-2-4-6-17)13-22(29-30)24(32)28-19-7-9-20(10-8-19)31-15-18(14-27-31)21-11-12-25-16-26-21/h2-6,11-16,19-20H,7-10H2,1H3,(H,28,32). The van der Waals surface area contributed by atoms with E-state index in [9.17, 15) is 4.79 Å². The molecule has 0 spiro atoms. The number of aromatic nitrogens is 6. The van der Waals surface area contributed by atoms with Crippen molar-refractivity contribution in [2.45, 2.75) is 37.8 Å². The Morgan fingerprint density at radius 2 is 1.88 bits per heavy atom. The summed E-state index contributed by atoms with van der Waals surface area (Å²) in [6.07, 6.45) is 10.9. The largest absolute Gasteiger partial charge is 0.348 e. The van der Waals surface area contributed by atoms with Crippen molar-refractivity contribution in [1.29, 1.82) is 0 Å². The third-order valence-corrected chi connectivity index (χ3v) is 6.07. The summed E-state index contributed by atoms with van der Waals surface area (Å²) in [4.78, 5) is 21.1. The number of hydrogen-bond donors (Lipinski definition) is 1. The predicted octanol–water partition coefficient (Wildman–Crippen LogP) is 3.65. The number of nitrogens with one attached hydrogen (secondary N) is 1. The molecule has 3 aromatic heterocycles. The Morgan fingerprint density at radius 1 is 1.06 bits per heavy atom. The van der Waals surface area contributed by atoms with E-state index in [0.717, 1.165) is 48.2 Å². The summed E-state index contributed by atoms with van der Waals surface area (Å²) in [5.41, 5.74) is 4.29. The van der Waals surface area contributed by atoms with Gasteiger partial charge in [0.1, 0.15) is 6.33 Å². The molecule has 0 atom stereocenters. The molecule has 8 nitrogen and oxygen atoms in total. The third kappa shape index (κ3) is 4.16. The minimum Gasteiger partial charge on any atom is -0.348 e. The Labute approximate surface area is 186 Å². The zero-order valence-corrected chi connectivity index (χ0v) is 17.9. The molecule has 32 heavy (non-hydrogen) atoms. The molecule has 0 bridgehead atoms. The van der Waals surface area contributed by atoms with Crippen molar-refractivity contribution in [1.82, 2.24) is 34.8 Å². The van der Waals surface area contributed by atoms with Crippen LogP contribution in [0.3, 0.4) is 0 Å². The Morgan fingerprint density at radius 3 is 2.62 bits per heavy atom. The van der Waals surface area contributed by atoms with E-state index in [1.165, 1.54) is 0 Å². The predicted molar refractivity (Wildman–Crippen MR) is 121 cm³/mol. The van der Waals surface area contributed by atoms with Gasteiger partial charge in [0.05, 0.1) is 23.6 Å². The van der Waals surface area contributed by atoms with Gasteiger partial charge in [-0.05, 0) is 43.4 Å². The highest BCUT2D eigenvalue weighted by atomic mass is 16.2. The summed E-state index contributed by atoms with van der Waals surface area (Å²) in [6.45, 7) is 0. The normalized spacial score (nSPS) is 18.4. The molecule has 1 N–H and O–H groups in total. The van der Waals surface area contributed by atoms with Crippen LogP contribution in [0.4, 0.5) is 0 Å². The molecule has 1 fully saturated rings. The third-order valence-electron chi connectivity index (χ3n) is 6.07. The summed E-state index contributed by atoms with van der Waals surface area (Å²) in [6, 6.07) is 14.2. The molecule has 0 saturated heterocycles. The summed E-state index contributed by atoms with van der Waals surface area (Å²) >= 11 is 0. The van der Waals surface area contributed by atoms with Crippen LogP contribution in [0, 0.1) is 0 Å². The van der Waals surface area contributed by atoms with E-state index >= 15 is 0 Å². The average Bonchev–Trinajstić information content (AvgIpc) is 3.48. The maximum Gasteiger partial charge on any atom is 0.272 e. The Kier molecular flexibility index (Phi) is 5.49. The number of carbonyl (C=O) groups excluding carboxylic acids is 1. The van der Waals surface area contributed by atoms with Gasteiger partial charge in [-0.15, -0.1) is 0 Å². The fourth-order valence-corrected chi connectivity index (χ4v) is 4.33. The highest BCUT2D eigenvalue weighted by Crippen LogP contribution is 2.29. The van der Waals surface area contributed by atoms with Crippen molar-refractivity contribution in [2.75, 3.05) is 0 Å². The first-order chi connectivity index (χ1) is 15.7. The van der Waals surface area contributed by atoms with Gasteiger partial charge in [0, 0.05) is 31.0 Å². The van der Waals surface area contributed by atoms with Crippen molar-refractivity contribution in [2.24, 2.45) is 7.05 Å². The molecule has 0 aliphatic heterocycles. The van der Waals surface area contributed by atoms with Crippen LogP contribution in [0.1, 0.15) is 42.2 Å². The van der Waals surface area contributed by atoms with E-state index in [4.69, 9.17) is 0 Å². The van der Waals surface area contributed by atoms with Crippen LogP contribution in [0.15, 0.2) is 67.4 Å². The molecule has 162 valence electrons. The number of nitrogens with zero attached hydrogens (tertiary/aromatic N) is 6. The first-order valence-electron chi connectivity index (χ1n) is 10.9. The van der Waals surface area contributed by atoms with Gasteiger partial charge in [-0.2, -0.15) is 10.2 Å². The van der Waals surface area contributed by atoms with Crippen LogP contribution in [0.5, 0.6) is 0 Å². The number of aryl methyl sites for hydroxylation is 1. The molecule has 3 heterocycles. The lowest BCUT2D eigenvalue weighted by Crippen LogP contribution is -2.38. The highest BCUT2D eigenvalue weighted by molar-refractivity contribution is 5.93. The molecule has 1 aromatic carbocycles. The Hall–Kier alpha value is -3.81. The van der Waals surface area contributed by atoms with Gasteiger partial charge < -0.3 is 5.32 Å². The van der Waals surface area contributed by atoms with Crippen LogP contribution in [-0.2, 0) is 7.05 Å². The minimum atomic E-state index is -0.114. The second-order valence-electron chi connectivity index (χ2n) is 8.19. The smallest absolute Gasteiger partial charge is 0.272 e. The Bertz CT molecular complexity index is 1190. The maximum atomic E-state index is 12.8. The summed E-state index contributed by atoms with van der Waals surface area (Å²) in [5, 5.41) is 12.1. The fraction of sp³-hybridized carbons (Fsp3) is 0.292. The lowest BCUT2D eigenvalue weighted by molar-refractivity contribution is 0.0916. The SMILES string of the molecule is Cn1nc(C(=O)NC2CCC(n3cc(-c4ccncn4)cn3)CC2)cc1-c1ccccc1. The molecule has 5 rings (SSSR count). The van der Waals surface area contributed by atoms with Gasteiger partial charge in [0.15, 0.2) is 5.69 Å². The summed E-state index contributed by atoms with van der Waals surface area (Å²) in [5.74, 6) is -0.114. The summed E-state index contributed by atoms with van der Waals surface area (Å²) < 4.78 is 3.79. The molecule has 4 aromatic rings. The number of rotatable bonds is 5. The lowest BCUT2D eigenvalue weighted by atomic mass is 9.91. The quantitative estimate of drug-likeness (QED) is 0.525. The van der Waals surface area contributed by atoms with Crippen molar-refractivity contribution < 1.29 is 4.79 Å². The van der Waals surface area contributed by atoms with E-state index in [0.29, 0.717) is 11.7 Å². The van der Waals surface area contributed by atoms with Gasteiger partial charge >= 0.3 is 0 Å². The first-order valence-corrected chi connectivity index (χ1v) is 10.9. The van der Waals surface area contributed by atoms with E-state index in [-0.39, 0.29) is 11.9 Å². The average molecular weight is 428 g/mol. The van der Waals surface area contributed by atoms with Crippen LogP contribution in [0.25, 0.3) is 22.5 Å². The number of benzene rings is 1. The van der Waals surface area contributed by atoms with E-state index < -0.39 is 0 Å². The van der Waals surface area contributed by atoms with Crippen LogP contribution in [0.2, 0.25) is 0 Å². The van der Waals surface area contributed by atoms with Gasteiger partial charge in [0.25, 0.3) is 5.91 Å². The van der Waals surface area contributed by atoms with Crippen molar-refractivity contribution in [3.05, 3.63) is 73.1 Å². The van der Waals surface area contributed by atoms with Crippen molar-refractivity contribution in [3.63, 3.8) is 0 Å². The number of hydrogen-bond acceptors (Lipinski definition) is 5. The van der Waals surface area contributed by atoms with Gasteiger partial charge in [0.2, 0.25) is 0 Å². The number of amides is 1. The maximum absolute atomic E-state index is 12.8. The summed E-state index contributed by atoms with van der Waals surface area (Å²) in [7, 11) is 1.87. The molecular weight excluding hydrogens is 402 g/mol. The zero-order chi connectivity index (χ0) is 21.9. The molecule has 1 amide bonds. The van der Waals surface area contributed by atoms with Crippen molar-refractivity contribution >= 4 is 5.91 Å². The molecule has 1 aliphatic carbocycles. The molecular formula is C24H25N7O. The van der Waals surface area contributed by atoms with Crippen LogP contribution < -0.4 is 5.32 Å². The monoisotopic (exact) mass is 427 g/mol. The van der Waals surface area contributed by atoms with E-state index in [1.807, 2.05) is 66.6 Å². The molecule has 0 unspecified atom stereocenters. The van der Waals surface area contributed by atoms with Crippen LogP contribution in [-0.4, -0.2) is 41.5 Å². The zero-order valence-electron chi connectivity index (χ0n) is 17.9. The highest BCUT2D eigenvalue weighted by Gasteiger charge is 2.25. The van der Waals surface area contributed by atoms with E-state index in [2.05, 4.69) is 25.5 Å². The Balaban J connectivity index is 1.19. The number of carbonyl (C=O) groups is 1. The van der Waals surface area contributed by atoms with Gasteiger partial charge in [-0.25, -0.2) is 9.97 Å². The topological polar surface area (TPSA) is 90.5 Å². The second-order valence-corrected chi connectivity index (χ2v) is 8.19. The first kappa shape index (κ1) is 20.1.